The Balaban J connectivity index is 1.29. The second-order valence-corrected chi connectivity index (χ2v) is 14.8. The topological polar surface area (TPSA) is 196 Å². The van der Waals surface area contributed by atoms with Crippen LogP contribution in [0.4, 0.5) is 17.1 Å². The summed E-state index contributed by atoms with van der Waals surface area (Å²) in [6.07, 6.45) is 0. The van der Waals surface area contributed by atoms with E-state index in [-0.39, 0.29) is 33.1 Å². The van der Waals surface area contributed by atoms with Gasteiger partial charge in [0.05, 0.1) is 10.6 Å². The number of hydrogen-bond donors (Lipinski definition) is 5. The number of nitrogens with one attached hydrogen (secondary N) is 3. The van der Waals surface area contributed by atoms with Gasteiger partial charge in [0.2, 0.25) is 0 Å². The molecule has 3 amide bonds. The molecule has 12 nitrogen and oxygen atoms in total. The first-order chi connectivity index (χ1) is 25.3. The van der Waals surface area contributed by atoms with Crippen LogP contribution in [0.15, 0.2) is 143 Å². The van der Waals surface area contributed by atoms with Crippen LogP contribution in [0.2, 0.25) is 0 Å². The zero-order valence-electron chi connectivity index (χ0n) is 27.3. The number of hydrogen-bond acceptors (Lipinski definition) is 7. The predicted molar refractivity (Wildman–Crippen MR) is 202 cm³/mol. The molecule has 5 N–H and O–H groups in total. The Kier molecular flexibility index (Phi) is 8.97. The van der Waals surface area contributed by atoms with Crippen molar-refractivity contribution in [1.82, 2.24) is 0 Å². The molecule has 0 aliphatic heterocycles. The number of anilines is 3. The molecule has 264 valence electrons. The largest absolute Gasteiger partial charge is 0.322 e. The van der Waals surface area contributed by atoms with Crippen LogP contribution in [0.25, 0.3) is 32.3 Å². The van der Waals surface area contributed by atoms with Crippen LogP contribution in [0.1, 0.15) is 31.1 Å². The average Bonchev–Trinajstić information content (AvgIpc) is 3.13. The third-order valence-electron chi connectivity index (χ3n) is 8.55. The molecule has 0 aliphatic rings. The van der Waals surface area contributed by atoms with Crippen molar-refractivity contribution in [1.29, 1.82) is 0 Å². The fraction of sp³-hybridized carbons (Fsp3) is 0. The van der Waals surface area contributed by atoms with E-state index in [2.05, 4.69) is 16.0 Å². The lowest BCUT2D eigenvalue weighted by molar-refractivity contribution is 0.101. The van der Waals surface area contributed by atoms with Gasteiger partial charge in [0.15, 0.2) is 0 Å². The maximum Gasteiger partial charge on any atom is 0.296 e. The number of fused-ring (bicyclic) bond motifs is 3. The molecule has 14 heteroatoms. The van der Waals surface area contributed by atoms with E-state index in [9.17, 15) is 40.3 Å². The summed E-state index contributed by atoms with van der Waals surface area (Å²) in [5, 5.41) is 11.3. The fourth-order valence-electron chi connectivity index (χ4n) is 6.09. The highest BCUT2D eigenvalue weighted by molar-refractivity contribution is 7.86. The van der Waals surface area contributed by atoms with Gasteiger partial charge in [-0.25, -0.2) is 0 Å². The van der Waals surface area contributed by atoms with Gasteiger partial charge < -0.3 is 16.0 Å². The van der Waals surface area contributed by atoms with Crippen LogP contribution in [0, 0.1) is 0 Å². The molecule has 0 saturated heterocycles. The van der Waals surface area contributed by atoms with Gasteiger partial charge in [0, 0.05) is 38.8 Å². The summed E-state index contributed by atoms with van der Waals surface area (Å²) in [6.45, 7) is 0. The van der Waals surface area contributed by atoms with Gasteiger partial charge in [0.1, 0.15) is 4.90 Å². The summed E-state index contributed by atoms with van der Waals surface area (Å²) in [6, 6.07) is 34.3. The van der Waals surface area contributed by atoms with Crippen molar-refractivity contribution in [3.05, 3.63) is 150 Å². The molecule has 7 rings (SSSR count). The molecule has 0 aromatic heterocycles. The molecular weight excluding hydrogens is 719 g/mol. The lowest BCUT2D eigenvalue weighted by atomic mass is 10.0. The van der Waals surface area contributed by atoms with Crippen molar-refractivity contribution in [3.63, 3.8) is 0 Å². The van der Waals surface area contributed by atoms with Crippen LogP contribution in [0.3, 0.4) is 0 Å². The molecule has 0 heterocycles. The van der Waals surface area contributed by atoms with Gasteiger partial charge in [0.25, 0.3) is 38.0 Å². The van der Waals surface area contributed by atoms with E-state index < -0.39 is 42.9 Å². The Bertz CT molecular complexity index is 2890. The molecule has 0 fully saturated rings. The van der Waals surface area contributed by atoms with Gasteiger partial charge in [-0.3, -0.25) is 23.5 Å². The minimum Gasteiger partial charge on any atom is -0.322 e. The summed E-state index contributed by atoms with van der Waals surface area (Å²) in [5.41, 5.74) is 0.258. The lowest BCUT2D eigenvalue weighted by Crippen LogP contribution is -2.19. The van der Waals surface area contributed by atoms with Crippen LogP contribution in [-0.4, -0.2) is 43.7 Å². The van der Waals surface area contributed by atoms with Crippen LogP contribution >= 0.6 is 0 Å². The smallest absolute Gasteiger partial charge is 0.296 e. The zero-order valence-corrected chi connectivity index (χ0v) is 28.9. The van der Waals surface area contributed by atoms with Gasteiger partial charge in [-0.15, -0.1) is 0 Å². The van der Waals surface area contributed by atoms with Crippen LogP contribution in [0.5, 0.6) is 0 Å². The molecule has 53 heavy (non-hydrogen) atoms. The summed E-state index contributed by atoms with van der Waals surface area (Å²) in [5.74, 6) is -2.10. The van der Waals surface area contributed by atoms with E-state index in [4.69, 9.17) is 0 Å². The standard InChI is InChI=1S/C39H27N3O9S2/c43-37(41-34-14-6-10-25-22-29(52(46,47)48)16-17-31(25)34)26-19-27(21-28(20-26)40-39(45)33-13-5-9-23-7-1-3-11-30(23)33)38(44)42-36-32-12-4-2-8-24(32)15-18-35(36)53(49,50)51/h1-22H,(H,40,45)(H,41,43)(H,42,44)(H,46,47,48)(H,49,50,51). The van der Waals surface area contributed by atoms with Crippen molar-refractivity contribution in [2.24, 2.45) is 0 Å². The lowest BCUT2D eigenvalue weighted by Gasteiger charge is -2.15. The highest BCUT2D eigenvalue weighted by Crippen LogP contribution is 2.32. The molecular formula is C39H27N3O9S2. The third kappa shape index (κ3) is 7.20. The second-order valence-electron chi connectivity index (χ2n) is 12.0. The zero-order chi connectivity index (χ0) is 37.5. The molecule has 0 atom stereocenters. The van der Waals surface area contributed by atoms with E-state index in [1.807, 2.05) is 18.2 Å². The predicted octanol–water partition coefficient (Wildman–Crippen LogP) is 7.40. The SMILES string of the molecule is O=C(Nc1cccc2cc(S(=O)(=O)O)ccc12)c1cc(NC(=O)c2cccc3ccccc23)cc(C(=O)Nc2c(S(=O)(=O)O)ccc3ccccc23)c1. The minimum atomic E-state index is -4.79. The first-order valence-corrected chi connectivity index (χ1v) is 18.7. The average molecular weight is 746 g/mol. The monoisotopic (exact) mass is 745 g/mol. The van der Waals surface area contributed by atoms with Crippen molar-refractivity contribution < 1.29 is 40.3 Å². The highest BCUT2D eigenvalue weighted by atomic mass is 32.2. The van der Waals surface area contributed by atoms with Crippen LogP contribution < -0.4 is 16.0 Å². The Labute approximate surface area is 302 Å². The Morgan fingerprint density at radius 1 is 0.472 bits per heavy atom. The van der Waals surface area contributed by atoms with Gasteiger partial charge >= 0.3 is 0 Å². The Hall–Kier alpha value is -6.45. The van der Waals surface area contributed by atoms with Crippen LogP contribution in [-0.2, 0) is 20.2 Å². The van der Waals surface area contributed by atoms with Crippen molar-refractivity contribution in [2.75, 3.05) is 16.0 Å². The van der Waals surface area contributed by atoms with E-state index in [1.165, 1.54) is 42.5 Å². The normalized spacial score (nSPS) is 11.7. The summed E-state index contributed by atoms with van der Waals surface area (Å²) in [4.78, 5) is 40.6. The van der Waals surface area contributed by atoms with Crippen molar-refractivity contribution in [3.8, 4) is 0 Å². The first kappa shape index (κ1) is 35.0. The number of benzene rings is 7. The third-order valence-corrected chi connectivity index (χ3v) is 10.3. The van der Waals surface area contributed by atoms with Gasteiger partial charge in [-0.05, 0) is 70.1 Å². The van der Waals surface area contributed by atoms with Crippen molar-refractivity contribution >= 4 is 87.3 Å². The number of rotatable bonds is 8. The van der Waals surface area contributed by atoms with E-state index in [0.29, 0.717) is 32.5 Å². The number of amides is 3. The van der Waals surface area contributed by atoms with E-state index in [1.54, 1.807) is 66.7 Å². The molecule has 0 radical (unpaired) electrons. The second kappa shape index (κ2) is 13.6. The summed E-state index contributed by atoms with van der Waals surface area (Å²) in [7, 11) is -9.28. The maximum atomic E-state index is 13.9. The number of carbonyl (C=O) groups is 3. The molecule has 7 aromatic carbocycles. The minimum absolute atomic E-state index is 0.0596. The van der Waals surface area contributed by atoms with E-state index in [0.717, 1.165) is 11.5 Å². The Morgan fingerprint density at radius 2 is 1.08 bits per heavy atom. The number of carbonyl (C=O) groups excluding carboxylic acids is 3. The Morgan fingerprint density at radius 3 is 1.77 bits per heavy atom. The van der Waals surface area contributed by atoms with Gasteiger partial charge in [-0.1, -0.05) is 84.9 Å². The summed E-state index contributed by atoms with van der Waals surface area (Å²) >= 11 is 0. The molecule has 0 bridgehead atoms. The van der Waals surface area contributed by atoms with Crippen molar-refractivity contribution in [2.45, 2.75) is 9.79 Å². The summed E-state index contributed by atoms with van der Waals surface area (Å²) < 4.78 is 67.6. The fourth-order valence-corrected chi connectivity index (χ4v) is 7.27. The first-order valence-electron chi connectivity index (χ1n) is 15.8. The van der Waals surface area contributed by atoms with Gasteiger partial charge in [-0.2, -0.15) is 16.8 Å². The molecule has 7 aromatic rings. The quantitative estimate of drug-likeness (QED) is 0.0985. The molecule has 0 aliphatic carbocycles. The molecule has 0 spiro atoms. The molecule has 0 saturated carbocycles. The van der Waals surface area contributed by atoms with E-state index >= 15 is 0 Å². The maximum absolute atomic E-state index is 13.9. The molecule has 0 unspecified atom stereocenters. The highest BCUT2D eigenvalue weighted by Gasteiger charge is 2.22.